The van der Waals surface area contributed by atoms with Gasteiger partial charge in [0.15, 0.2) is 0 Å². The number of hydrogen-bond donors (Lipinski definition) is 2. The van der Waals surface area contributed by atoms with Crippen molar-refractivity contribution < 1.29 is 9.53 Å². The molecule has 0 aliphatic carbocycles. The second kappa shape index (κ2) is 7.87. The number of carbonyl (C=O) groups is 1. The van der Waals surface area contributed by atoms with Crippen LogP contribution in [-0.4, -0.2) is 33.2 Å². The van der Waals surface area contributed by atoms with Gasteiger partial charge in [-0.15, -0.1) is 10.2 Å². The van der Waals surface area contributed by atoms with Gasteiger partial charge in [-0.3, -0.25) is 14.9 Å². The SMILES string of the molecule is CCc1nnc(NC(=O)c2cc(=O)[nH]c(Cc3ccc(OC)cc3)n2)s1. The molecule has 0 bridgehead atoms. The highest BCUT2D eigenvalue weighted by molar-refractivity contribution is 7.15. The van der Waals surface area contributed by atoms with Crippen molar-refractivity contribution in [2.45, 2.75) is 19.8 Å². The summed E-state index contributed by atoms with van der Waals surface area (Å²) in [4.78, 5) is 31.1. The molecule has 2 N–H and O–H groups in total. The number of H-pyrrole nitrogens is 1. The lowest BCUT2D eigenvalue weighted by atomic mass is 10.1. The van der Waals surface area contributed by atoms with E-state index in [2.05, 4.69) is 25.5 Å². The van der Waals surface area contributed by atoms with Gasteiger partial charge in [-0.25, -0.2) is 4.98 Å². The van der Waals surface area contributed by atoms with Crippen LogP contribution in [0.2, 0.25) is 0 Å². The molecule has 0 fully saturated rings. The number of anilines is 1. The number of nitrogens with zero attached hydrogens (tertiary/aromatic N) is 3. The summed E-state index contributed by atoms with van der Waals surface area (Å²) in [5.74, 6) is 0.650. The lowest BCUT2D eigenvalue weighted by Gasteiger charge is -2.05. The highest BCUT2D eigenvalue weighted by Crippen LogP contribution is 2.16. The van der Waals surface area contributed by atoms with Gasteiger partial charge in [0.25, 0.3) is 11.5 Å². The zero-order valence-electron chi connectivity index (χ0n) is 14.3. The summed E-state index contributed by atoms with van der Waals surface area (Å²) in [7, 11) is 1.59. The van der Waals surface area contributed by atoms with E-state index in [1.165, 1.54) is 11.3 Å². The van der Waals surface area contributed by atoms with Crippen LogP contribution < -0.4 is 15.6 Å². The molecule has 0 unspecified atom stereocenters. The van der Waals surface area contributed by atoms with Gasteiger partial charge in [-0.05, 0) is 24.1 Å². The predicted octanol–water partition coefficient (Wildman–Crippen LogP) is 2.04. The van der Waals surface area contributed by atoms with Crippen LogP contribution in [0, 0.1) is 0 Å². The fourth-order valence-electron chi connectivity index (χ4n) is 2.25. The lowest BCUT2D eigenvalue weighted by molar-refractivity contribution is 0.102. The first kappa shape index (κ1) is 17.7. The Morgan fingerprint density at radius 1 is 1.27 bits per heavy atom. The van der Waals surface area contributed by atoms with Crippen molar-refractivity contribution >= 4 is 22.4 Å². The Morgan fingerprint density at radius 2 is 2.04 bits per heavy atom. The monoisotopic (exact) mass is 371 g/mol. The van der Waals surface area contributed by atoms with Crippen molar-refractivity contribution in [2.24, 2.45) is 0 Å². The summed E-state index contributed by atoms with van der Waals surface area (Å²) in [5, 5.41) is 11.7. The number of methoxy groups -OCH3 is 1. The topological polar surface area (TPSA) is 110 Å². The van der Waals surface area contributed by atoms with Crippen molar-refractivity contribution in [3.05, 3.63) is 62.8 Å². The number of aryl methyl sites for hydroxylation is 1. The van der Waals surface area contributed by atoms with Crippen molar-refractivity contribution in [1.82, 2.24) is 20.2 Å². The molecule has 134 valence electrons. The van der Waals surface area contributed by atoms with Crippen LogP contribution in [-0.2, 0) is 12.8 Å². The third-order valence-electron chi connectivity index (χ3n) is 3.54. The van der Waals surface area contributed by atoms with Crippen molar-refractivity contribution in [1.29, 1.82) is 0 Å². The molecule has 1 amide bonds. The Labute approximate surface area is 153 Å². The molecule has 1 aromatic carbocycles. The summed E-state index contributed by atoms with van der Waals surface area (Å²) >= 11 is 1.29. The Bertz CT molecular complexity index is 965. The molecule has 3 aromatic rings. The molecule has 2 aromatic heterocycles. The zero-order valence-corrected chi connectivity index (χ0v) is 15.1. The van der Waals surface area contributed by atoms with Crippen LogP contribution in [0.4, 0.5) is 5.13 Å². The van der Waals surface area contributed by atoms with Gasteiger partial charge in [-0.2, -0.15) is 0 Å². The number of nitrogens with one attached hydrogen (secondary N) is 2. The molecule has 0 saturated heterocycles. The van der Waals surface area contributed by atoms with Gasteiger partial charge in [0, 0.05) is 12.5 Å². The molecule has 8 nitrogen and oxygen atoms in total. The summed E-state index contributed by atoms with van der Waals surface area (Å²) < 4.78 is 5.12. The maximum Gasteiger partial charge on any atom is 0.276 e. The number of aromatic amines is 1. The van der Waals surface area contributed by atoms with Gasteiger partial charge >= 0.3 is 0 Å². The number of ether oxygens (including phenoxy) is 1. The average molecular weight is 371 g/mol. The van der Waals surface area contributed by atoms with E-state index in [-0.39, 0.29) is 11.3 Å². The minimum atomic E-state index is -0.495. The minimum absolute atomic E-state index is 0.0329. The molecule has 9 heteroatoms. The Kier molecular flexibility index (Phi) is 5.37. The zero-order chi connectivity index (χ0) is 18.5. The molecule has 0 saturated carbocycles. The normalized spacial score (nSPS) is 10.5. The van der Waals surface area contributed by atoms with Gasteiger partial charge < -0.3 is 9.72 Å². The quantitative estimate of drug-likeness (QED) is 0.686. The predicted molar refractivity (Wildman–Crippen MR) is 97.9 cm³/mol. The van der Waals surface area contributed by atoms with Crippen molar-refractivity contribution in [3.63, 3.8) is 0 Å². The van der Waals surface area contributed by atoms with E-state index in [1.54, 1.807) is 7.11 Å². The van der Waals surface area contributed by atoms with Crippen LogP contribution in [0.3, 0.4) is 0 Å². The number of carbonyl (C=O) groups excluding carboxylic acids is 1. The number of benzene rings is 1. The molecule has 26 heavy (non-hydrogen) atoms. The number of amides is 1. The Hall–Kier alpha value is -3.07. The van der Waals surface area contributed by atoms with Crippen LogP contribution in [0.15, 0.2) is 35.1 Å². The third-order valence-corrected chi connectivity index (χ3v) is 4.53. The first-order chi connectivity index (χ1) is 12.6. The standard InChI is InChI=1S/C17H17N5O3S/c1-3-15-21-22-17(26-15)20-16(24)12-9-14(23)19-13(18-12)8-10-4-6-11(25-2)7-5-10/h4-7,9H,3,8H2,1-2H3,(H,18,19,23)(H,20,22,24). The van der Waals surface area contributed by atoms with Crippen LogP contribution in [0.1, 0.15) is 33.8 Å². The lowest BCUT2D eigenvalue weighted by Crippen LogP contribution is -2.20. The minimum Gasteiger partial charge on any atom is -0.497 e. The summed E-state index contributed by atoms with van der Waals surface area (Å²) in [6, 6.07) is 8.56. The van der Waals surface area contributed by atoms with E-state index in [0.29, 0.717) is 17.4 Å². The maximum absolute atomic E-state index is 12.3. The van der Waals surface area contributed by atoms with E-state index in [9.17, 15) is 9.59 Å². The van der Waals surface area contributed by atoms with Crippen molar-refractivity contribution in [2.75, 3.05) is 12.4 Å². The van der Waals surface area contributed by atoms with Gasteiger partial charge in [-0.1, -0.05) is 30.4 Å². The number of aromatic nitrogens is 4. The second-order valence-corrected chi connectivity index (χ2v) is 6.47. The van der Waals surface area contributed by atoms with E-state index < -0.39 is 5.91 Å². The first-order valence-electron chi connectivity index (χ1n) is 7.94. The van der Waals surface area contributed by atoms with Gasteiger partial charge in [0.05, 0.1) is 7.11 Å². The third kappa shape index (κ3) is 4.31. The Balaban J connectivity index is 1.77. The van der Waals surface area contributed by atoms with Crippen molar-refractivity contribution in [3.8, 4) is 5.75 Å². The van der Waals surface area contributed by atoms with Gasteiger partial charge in [0.1, 0.15) is 22.3 Å². The number of hydrogen-bond acceptors (Lipinski definition) is 7. The molecule has 0 atom stereocenters. The highest BCUT2D eigenvalue weighted by atomic mass is 32.1. The Morgan fingerprint density at radius 3 is 2.69 bits per heavy atom. The fourth-order valence-corrected chi connectivity index (χ4v) is 2.93. The first-order valence-corrected chi connectivity index (χ1v) is 8.76. The molecular formula is C17H17N5O3S. The summed E-state index contributed by atoms with van der Waals surface area (Å²) in [6.45, 7) is 1.95. The molecule has 0 radical (unpaired) electrons. The molecule has 0 spiro atoms. The van der Waals surface area contributed by atoms with Crippen LogP contribution in [0.25, 0.3) is 0 Å². The molecular weight excluding hydrogens is 354 g/mol. The van der Waals surface area contributed by atoms with E-state index in [4.69, 9.17) is 4.74 Å². The number of rotatable bonds is 6. The smallest absolute Gasteiger partial charge is 0.276 e. The summed E-state index contributed by atoms with van der Waals surface area (Å²) in [5.41, 5.74) is 0.578. The maximum atomic E-state index is 12.3. The van der Waals surface area contributed by atoms with Gasteiger partial charge in [0.2, 0.25) is 5.13 Å². The summed E-state index contributed by atoms with van der Waals surface area (Å²) in [6.07, 6.45) is 1.13. The molecule has 0 aliphatic rings. The van der Waals surface area contributed by atoms with Crippen LogP contribution >= 0.6 is 11.3 Å². The second-order valence-electron chi connectivity index (χ2n) is 5.41. The molecule has 2 heterocycles. The van der Waals surface area contributed by atoms with E-state index >= 15 is 0 Å². The van der Waals surface area contributed by atoms with E-state index in [0.717, 1.165) is 28.8 Å². The molecule has 0 aliphatic heterocycles. The van der Waals surface area contributed by atoms with E-state index in [1.807, 2.05) is 31.2 Å². The average Bonchev–Trinajstić information content (AvgIpc) is 3.09. The highest BCUT2D eigenvalue weighted by Gasteiger charge is 2.13. The largest absolute Gasteiger partial charge is 0.497 e. The molecule has 3 rings (SSSR count). The fraction of sp³-hybridized carbons (Fsp3) is 0.235. The van der Waals surface area contributed by atoms with Crippen LogP contribution in [0.5, 0.6) is 5.75 Å².